The van der Waals surface area contributed by atoms with E-state index in [1.807, 2.05) is 25.3 Å². The highest BCUT2D eigenvalue weighted by molar-refractivity contribution is 7.97. The number of hydrogen-bond acceptors (Lipinski definition) is 5. The summed E-state index contributed by atoms with van der Waals surface area (Å²) in [5.41, 5.74) is 4.45. The summed E-state index contributed by atoms with van der Waals surface area (Å²) in [6.45, 7) is 11.1. The van der Waals surface area contributed by atoms with Crippen molar-refractivity contribution in [3.63, 3.8) is 0 Å². The van der Waals surface area contributed by atoms with Crippen molar-refractivity contribution in [2.45, 2.75) is 51.0 Å². The molecule has 0 saturated heterocycles. The molecule has 166 valence electrons. The van der Waals surface area contributed by atoms with Gasteiger partial charge in [-0.3, -0.25) is 9.71 Å². The summed E-state index contributed by atoms with van der Waals surface area (Å²) < 4.78 is 3.42. The Morgan fingerprint density at radius 3 is 2.35 bits per heavy atom. The SMILES string of the molecule is C1CC1.C=C/C=C\c1c(CNSc2ccc(C#CCC)cc2)ccnc1C.C=N.CS. The highest BCUT2D eigenvalue weighted by Crippen LogP contribution is 2.19. The monoisotopic (exact) mass is 453 g/mol. The lowest BCUT2D eigenvalue weighted by Crippen LogP contribution is -2.06. The molecule has 1 heterocycles. The highest BCUT2D eigenvalue weighted by atomic mass is 32.2. The zero-order chi connectivity index (χ0) is 23.3. The fourth-order valence-electron chi connectivity index (χ4n) is 2.17. The molecule has 2 N–H and O–H groups in total. The zero-order valence-corrected chi connectivity index (χ0v) is 20.7. The van der Waals surface area contributed by atoms with Gasteiger partial charge in [0.2, 0.25) is 0 Å². The quantitative estimate of drug-likeness (QED) is 0.143. The van der Waals surface area contributed by atoms with Crippen LogP contribution in [-0.4, -0.2) is 18.0 Å². The number of aryl methyl sites for hydroxylation is 1. The average molecular weight is 454 g/mol. The Bertz CT molecular complexity index is 829. The molecule has 1 fully saturated rings. The Kier molecular flexibility index (Phi) is 18.3. The number of nitrogens with one attached hydrogen (secondary N) is 2. The van der Waals surface area contributed by atoms with Gasteiger partial charge in [0.1, 0.15) is 0 Å². The second-order valence-corrected chi connectivity index (χ2v) is 7.19. The predicted molar refractivity (Wildman–Crippen MR) is 143 cm³/mol. The third kappa shape index (κ3) is 13.6. The fourth-order valence-corrected chi connectivity index (χ4v) is 2.84. The standard InChI is InChI=1S/C21H22N2S.C3H6.CH3N.CH4S/c1-4-6-8-18-10-12-20(13-11-18)24-23-16-19-14-15-22-17(3)21(19)9-7-5-2;1-2-3-1;2*1-2/h5,7,9-15,23H,2,4,16H2,1,3H3;1-3H2;2H,1H2;2H,1H3/b9-7-;;;. The van der Waals surface area contributed by atoms with Crippen molar-refractivity contribution in [3.8, 4) is 11.8 Å². The van der Waals surface area contributed by atoms with Crippen LogP contribution in [0.3, 0.4) is 0 Å². The Labute approximate surface area is 198 Å². The van der Waals surface area contributed by atoms with Gasteiger partial charge in [-0.1, -0.05) is 62.8 Å². The smallest absolute Gasteiger partial charge is 0.0448 e. The van der Waals surface area contributed by atoms with Crippen molar-refractivity contribution >= 4 is 37.4 Å². The van der Waals surface area contributed by atoms with E-state index in [4.69, 9.17) is 5.41 Å². The summed E-state index contributed by atoms with van der Waals surface area (Å²) in [7, 11) is 0. The number of nitrogens with zero attached hydrogens (tertiary/aromatic N) is 1. The molecule has 2 aromatic rings. The molecular weight excluding hydrogens is 418 g/mol. The minimum atomic E-state index is 0.766. The van der Waals surface area contributed by atoms with Crippen molar-refractivity contribution in [2.24, 2.45) is 0 Å². The van der Waals surface area contributed by atoms with Gasteiger partial charge in [0.15, 0.2) is 0 Å². The first-order chi connectivity index (χ1) is 15.2. The van der Waals surface area contributed by atoms with Gasteiger partial charge in [-0.15, -0.1) is 0 Å². The number of thiol groups is 1. The van der Waals surface area contributed by atoms with Gasteiger partial charge >= 0.3 is 0 Å². The van der Waals surface area contributed by atoms with E-state index in [1.54, 1.807) is 24.3 Å². The first kappa shape index (κ1) is 28.7. The Morgan fingerprint density at radius 1 is 1.16 bits per heavy atom. The minimum Gasteiger partial charge on any atom is -0.317 e. The van der Waals surface area contributed by atoms with E-state index in [9.17, 15) is 0 Å². The van der Waals surface area contributed by atoms with Gasteiger partial charge in [0, 0.05) is 40.9 Å². The number of aromatic nitrogens is 1. The second kappa shape index (κ2) is 19.7. The lowest BCUT2D eigenvalue weighted by molar-refractivity contribution is 0.957. The van der Waals surface area contributed by atoms with E-state index in [0.29, 0.717) is 0 Å². The molecular formula is C26H35N3S2. The molecule has 1 aliphatic carbocycles. The molecule has 31 heavy (non-hydrogen) atoms. The number of pyridine rings is 1. The highest BCUT2D eigenvalue weighted by Gasteiger charge is 2.04. The van der Waals surface area contributed by atoms with E-state index in [2.05, 4.69) is 84.7 Å². The van der Waals surface area contributed by atoms with E-state index < -0.39 is 0 Å². The van der Waals surface area contributed by atoms with Crippen LogP contribution in [0.15, 0.2) is 60.2 Å². The fraction of sp³-hybridized carbons (Fsp3) is 0.308. The largest absolute Gasteiger partial charge is 0.317 e. The van der Waals surface area contributed by atoms with Crippen LogP contribution in [-0.2, 0) is 6.54 Å². The van der Waals surface area contributed by atoms with Gasteiger partial charge in [0.25, 0.3) is 0 Å². The normalized spacial score (nSPS) is 10.7. The number of allylic oxidation sites excluding steroid dienone is 2. The number of hydrogen-bond donors (Lipinski definition) is 3. The Hall–Kier alpha value is -2.26. The lowest BCUT2D eigenvalue weighted by atomic mass is 10.1. The molecule has 1 aliphatic rings. The molecule has 0 atom stereocenters. The van der Waals surface area contributed by atoms with Crippen LogP contribution in [0.1, 0.15) is 55.0 Å². The molecule has 0 aliphatic heterocycles. The second-order valence-electron chi connectivity index (χ2n) is 6.23. The van der Waals surface area contributed by atoms with E-state index >= 15 is 0 Å². The van der Waals surface area contributed by atoms with Crippen LogP contribution in [0.25, 0.3) is 6.08 Å². The van der Waals surface area contributed by atoms with E-state index in [0.717, 1.165) is 29.8 Å². The van der Waals surface area contributed by atoms with Gasteiger partial charge < -0.3 is 5.41 Å². The number of rotatable bonds is 6. The van der Waals surface area contributed by atoms with Gasteiger partial charge in [-0.25, -0.2) is 0 Å². The minimum absolute atomic E-state index is 0.766. The van der Waals surface area contributed by atoms with Crippen molar-refractivity contribution in [3.05, 3.63) is 77.6 Å². The summed E-state index contributed by atoms with van der Waals surface area (Å²) in [6.07, 6.45) is 14.7. The molecule has 1 saturated carbocycles. The first-order valence-corrected chi connectivity index (χ1v) is 12.0. The molecule has 0 unspecified atom stereocenters. The first-order valence-electron chi connectivity index (χ1n) is 10.3. The molecule has 1 aromatic carbocycles. The van der Waals surface area contributed by atoms with Gasteiger partial charge in [-0.2, -0.15) is 12.6 Å². The molecule has 3 rings (SSSR count). The maximum Gasteiger partial charge on any atom is 0.0448 e. The third-order valence-corrected chi connectivity index (χ3v) is 4.55. The van der Waals surface area contributed by atoms with Crippen LogP contribution in [0.4, 0.5) is 0 Å². The van der Waals surface area contributed by atoms with Crippen LogP contribution < -0.4 is 4.72 Å². The van der Waals surface area contributed by atoms with Crippen molar-refractivity contribution < 1.29 is 0 Å². The summed E-state index contributed by atoms with van der Waals surface area (Å²) in [6, 6.07) is 10.3. The van der Waals surface area contributed by atoms with Crippen molar-refractivity contribution in [1.82, 2.24) is 9.71 Å². The van der Waals surface area contributed by atoms with Crippen LogP contribution in [0.5, 0.6) is 0 Å². The van der Waals surface area contributed by atoms with Crippen LogP contribution in [0, 0.1) is 24.2 Å². The Balaban J connectivity index is 0.00000112. The average Bonchev–Trinajstić information content (AvgIpc) is 3.70. The molecule has 0 amide bonds. The van der Waals surface area contributed by atoms with Gasteiger partial charge in [0.05, 0.1) is 0 Å². The molecule has 0 bridgehead atoms. The molecule has 3 nitrogen and oxygen atoms in total. The van der Waals surface area contributed by atoms with Crippen molar-refractivity contribution in [2.75, 3.05) is 6.26 Å². The van der Waals surface area contributed by atoms with E-state index in [-0.39, 0.29) is 0 Å². The lowest BCUT2D eigenvalue weighted by Gasteiger charge is -2.09. The van der Waals surface area contributed by atoms with E-state index in [1.165, 1.54) is 29.7 Å². The summed E-state index contributed by atoms with van der Waals surface area (Å²) in [4.78, 5) is 5.53. The van der Waals surface area contributed by atoms with Gasteiger partial charge in [-0.05, 0) is 67.7 Å². The molecule has 1 aromatic heterocycles. The maximum atomic E-state index is 5.50. The van der Waals surface area contributed by atoms with Crippen LogP contribution >= 0.6 is 24.6 Å². The summed E-state index contributed by atoms with van der Waals surface area (Å²) in [5, 5.41) is 5.50. The summed E-state index contributed by atoms with van der Waals surface area (Å²) in [5.74, 6) is 6.22. The number of benzene rings is 1. The maximum absolute atomic E-state index is 5.50. The molecule has 0 radical (unpaired) electrons. The van der Waals surface area contributed by atoms with Crippen molar-refractivity contribution in [1.29, 1.82) is 5.41 Å². The predicted octanol–water partition coefficient (Wildman–Crippen LogP) is 7.13. The zero-order valence-electron chi connectivity index (χ0n) is 18.9. The summed E-state index contributed by atoms with van der Waals surface area (Å²) >= 11 is 5.15. The topological polar surface area (TPSA) is 48.8 Å². The Morgan fingerprint density at radius 2 is 1.81 bits per heavy atom. The molecule has 0 spiro atoms. The third-order valence-electron chi connectivity index (χ3n) is 3.75. The molecule has 5 heteroatoms. The van der Waals surface area contributed by atoms with Crippen LogP contribution in [0.2, 0.25) is 0 Å².